The summed E-state index contributed by atoms with van der Waals surface area (Å²) in [5.74, 6) is 0.169. The van der Waals surface area contributed by atoms with Gasteiger partial charge in [-0.2, -0.15) is 0 Å². The molecule has 1 aliphatic heterocycles. The molecule has 1 N–H and O–H groups in total. The van der Waals surface area contributed by atoms with Gasteiger partial charge in [-0.05, 0) is 33.1 Å². The molecular formula is C17H30N2O2. The Morgan fingerprint density at radius 2 is 1.71 bits per heavy atom. The summed E-state index contributed by atoms with van der Waals surface area (Å²) >= 11 is 0. The fourth-order valence-electron chi connectivity index (χ4n) is 3.63. The maximum atomic E-state index is 13.0. The second kappa shape index (κ2) is 6.37. The zero-order valence-corrected chi connectivity index (χ0v) is 13.8. The van der Waals surface area contributed by atoms with Gasteiger partial charge in [-0.15, -0.1) is 0 Å². The number of unbranched alkanes of at least 4 members (excludes halogenated alkanes) is 3. The lowest BCUT2D eigenvalue weighted by atomic mass is 9.76. The Morgan fingerprint density at radius 3 is 2.33 bits per heavy atom. The van der Waals surface area contributed by atoms with Crippen LogP contribution in [0.15, 0.2) is 0 Å². The summed E-state index contributed by atoms with van der Waals surface area (Å²) in [5.41, 5.74) is -1.32. The predicted octanol–water partition coefficient (Wildman–Crippen LogP) is 3.01. The molecule has 0 radical (unpaired) electrons. The van der Waals surface area contributed by atoms with Crippen molar-refractivity contribution in [1.29, 1.82) is 0 Å². The van der Waals surface area contributed by atoms with Crippen molar-refractivity contribution in [2.45, 2.75) is 89.6 Å². The number of hydrogen-bond acceptors (Lipinski definition) is 2. The first-order valence-corrected chi connectivity index (χ1v) is 8.59. The molecule has 0 bridgehead atoms. The van der Waals surface area contributed by atoms with E-state index in [-0.39, 0.29) is 11.8 Å². The molecule has 0 aromatic rings. The van der Waals surface area contributed by atoms with E-state index in [1.165, 1.54) is 19.3 Å². The van der Waals surface area contributed by atoms with E-state index in [4.69, 9.17) is 0 Å². The molecule has 0 unspecified atom stereocenters. The Kier molecular flexibility index (Phi) is 4.95. The molecule has 2 amide bonds. The third-order valence-electron chi connectivity index (χ3n) is 5.18. The van der Waals surface area contributed by atoms with Crippen molar-refractivity contribution in [2.75, 3.05) is 6.54 Å². The molecule has 2 rings (SSSR count). The number of piperazine rings is 1. The number of nitrogens with zero attached hydrogens (tertiary/aromatic N) is 1. The SMILES string of the molecule is CCCCCCN1C(=O)C2(CCCCC2)NC(=O)C1(C)C. The van der Waals surface area contributed by atoms with Crippen molar-refractivity contribution < 1.29 is 9.59 Å². The van der Waals surface area contributed by atoms with Gasteiger partial charge in [-0.1, -0.05) is 45.4 Å². The molecule has 2 aliphatic rings. The summed E-state index contributed by atoms with van der Waals surface area (Å²) in [7, 11) is 0. The molecular weight excluding hydrogens is 264 g/mol. The maximum absolute atomic E-state index is 13.0. The predicted molar refractivity (Wildman–Crippen MR) is 83.9 cm³/mol. The molecule has 1 heterocycles. The minimum absolute atomic E-state index is 0.0134. The fourth-order valence-corrected chi connectivity index (χ4v) is 3.63. The van der Waals surface area contributed by atoms with E-state index >= 15 is 0 Å². The van der Waals surface area contributed by atoms with Crippen LogP contribution in [0.5, 0.6) is 0 Å². The highest BCUT2D eigenvalue weighted by Crippen LogP contribution is 2.36. The molecule has 0 aromatic carbocycles. The summed E-state index contributed by atoms with van der Waals surface area (Å²) in [5, 5.41) is 3.07. The topological polar surface area (TPSA) is 49.4 Å². The van der Waals surface area contributed by atoms with Gasteiger partial charge >= 0.3 is 0 Å². The number of rotatable bonds is 5. The average Bonchev–Trinajstić information content (AvgIpc) is 2.46. The summed E-state index contributed by atoms with van der Waals surface area (Å²) in [6.07, 6.45) is 9.36. The van der Waals surface area contributed by atoms with Crippen molar-refractivity contribution in [3.8, 4) is 0 Å². The second-order valence-corrected chi connectivity index (χ2v) is 7.17. The number of carbonyl (C=O) groups is 2. The van der Waals surface area contributed by atoms with E-state index in [0.29, 0.717) is 6.54 Å². The van der Waals surface area contributed by atoms with E-state index in [9.17, 15) is 9.59 Å². The number of hydrogen-bond donors (Lipinski definition) is 1. The molecule has 0 atom stereocenters. The van der Waals surface area contributed by atoms with Gasteiger partial charge in [-0.3, -0.25) is 9.59 Å². The van der Waals surface area contributed by atoms with Gasteiger partial charge < -0.3 is 10.2 Å². The van der Waals surface area contributed by atoms with Crippen LogP contribution in [-0.4, -0.2) is 34.3 Å². The molecule has 1 saturated heterocycles. The monoisotopic (exact) mass is 294 g/mol. The molecule has 120 valence electrons. The summed E-state index contributed by atoms with van der Waals surface area (Å²) < 4.78 is 0. The zero-order chi connectivity index (χ0) is 15.5. The van der Waals surface area contributed by atoms with E-state index in [1.807, 2.05) is 18.7 Å². The lowest BCUT2D eigenvalue weighted by Crippen LogP contribution is -2.74. The van der Waals surface area contributed by atoms with Gasteiger partial charge in [0.15, 0.2) is 0 Å². The highest BCUT2D eigenvalue weighted by Gasteiger charge is 2.54. The number of amides is 2. The molecule has 1 saturated carbocycles. The molecule has 4 nitrogen and oxygen atoms in total. The van der Waals surface area contributed by atoms with Gasteiger partial charge in [0.25, 0.3) is 0 Å². The third-order valence-corrected chi connectivity index (χ3v) is 5.18. The Bertz CT molecular complexity index is 398. The zero-order valence-electron chi connectivity index (χ0n) is 13.8. The molecule has 2 fully saturated rings. The Balaban J connectivity index is 2.13. The van der Waals surface area contributed by atoms with Gasteiger partial charge in [0.1, 0.15) is 11.1 Å². The van der Waals surface area contributed by atoms with Crippen LogP contribution >= 0.6 is 0 Å². The first-order chi connectivity index (χ1) is 9.94. The molecule has 1 spiro atoms. The van der Waals surface area contributed by atoms with Gasteiger partial charge in [-0.25, -0.2) is 0 Å². The highest BCUT2D eigenvalue weighted by molar-refractivity contribution is 6.01. The lowest BCUT2D eigenvalue weighted by Gasteiger charge is -2.51. The number of nitrogens with one attached hydrogen (secondary N) is 1. The van der Waals surface area contributed by atoms with Gasteiger partial charge in [0.05, 0.1) is 0 Å². The van der Waals surface area contributed by atoms with Crippen LogP contribution in [-0.2, 0) is 9.59 Å². The normalized spacial score (nSPS) is 24.2. The first-order valence-electron chi connectivity index (χ1n) is 8.59. The van der Waals surface area contributed by atoms with Crippen LogP contribution in [0.4, 0.5) is 0 Å². The Labute approximate surface area is 128 Å². The summed E-state index contributed by atoms with van der Waals surface area (Å²) in [6.45, 7) is 6.63. The largest absolute Gasteiger partial charge is 0.340 e. The maximum Gasteiger partial charge on any atom is 0.249 e. The first kappa shape index (κ1) is 16.3. The third kappa shape index (κ3) is 3.09. The quantitative estimate of drug-likeness (QED) is 0.792. The average molecular weight is 294 g/mol. The van der Waals surface area contributed by atoms with Crippen LogP contribution in [0.3, 0.4) is 0 Å². The van der Waals surface area contributed by atoms with Gasteiger partial charge in [0, 0.05) is 6.54 Å². The van der Waals surface area contributed by atoms with Crippen LogP contribution in [0.25, 0.3) is 0 Å². The van der Waals surface area contributed by atoms with Crippen molar-refractivity contribution in [3.05, 3.63) is 0 Å². The molecule has 0 aromatic heterocycles. The van der Waals surface area contributed by atoms with Crippen LogP contribution < -0.4 is 5.32 Å². The second-order valence-electron chi connectivity index (χ2n) is 7.17. The van der Waals surface area contributed by atoms with Crippen molar-refractivity contribution in [2.24, 2.45) is 0 Å². The molecule has 4 heteroatoms. The van der Waals surface area contributed by atoms with E-state index in [0.717, 1.165) is 38.5 Å². The smallest absolute Gasteiger partial charge is 0.249 e. The van der Waals surface area contributed by atoms with E-state index < -0.39 is 11.1 Å². The fraction of sp³-hybridized carbons (Fsp3) is 0.882. The lowest BCUT2D eigenvalue weighted by molar-refractivity contribution is -0.162. The van der Waals surface area contributed by atoms with Crippen LogP contribution in [0.1, 0.15) is 78.6 Å². The van der Waals surface area contributed by atoms with Crippen molar-refractivity contribution in [3.63, 3.8) is 0 Å². The Hall–Kier alpha value is -1.06. The van der Waals surface area contributed by atoms with Crippen molar-refractivity contribution in [1.82, 2.24) is 10.2 Å². The van der Waals surface area contributed by atoms with E-state index in [1.54, 1.807) is 0 Å². The molecule has 1 aliphatic carbocycles. The van der Waals surface area contributed by atoms with Gasteiger partial charge in [0.2, 0.25) is 11.8 Å². The minimum atomic E-state index is -0.716. The van der Waals surface area contributed by atoms with E-state index in [2.05, 4.69) is 12.2 Å². The van der Waals surface area contributed by atoms with Crippen LogP contribution in [0.2, 0.25) is 0 Å². The molecule has 21 heavy (non-hydrogen) atoms. The standard InChI is InChI=1S/C17H30N2O2/c1-4-5-6-10-13-19-15(21)17(11-8-7-9-12-17)18-14(20)16(19,2)3/h4-13H2,1-3H3,(H,18,20). The van der Waals surface area contributed by atoms with Crippen molar-refractivity contribution >= 4 is 11.8 Å². The minimum Gasteiger partial charge on any atom is -0.340 e. The Morgan fingerprint density at radius 1 is 1.05 bits per heavy atom. The number of carbonyl (C=O) groups excluding carboxylic acids is 2. The summed E-state index contributed by atoms with van der Waals surface area (Å²) in [4.78, 5) is 27.4. The highest BCUT2D eigenvalue weighted by atomic mass is 16.2. The van der Waals surface area contributed by atoms with Crippen LogP contribution in [0, 0.1) is 0 Å². The summed E-state index contributed by atoms with van der Waals surface area (Å²) in [6, 6.07) is 0.